The van der Waals surface area contributed by atoms with Crippen molar-refractivity contribution in [3.63, 3.8) is 0 Å². The summed E-state index contributed by atoms with van der Waals surface area (Å²) >= 11 is 0. The SMILES string of the molecule is CCCCN1C(=O)c2cc(C(=O)Nc3c(C)cc(C)cc3C)nn2C[C@]1(C)C(=O)NC1CCCC1. The average Bonchev–Trinajstić information content (AvgIpc) is 3.46. The molecule has 1 saturated carbocycles. The van der Waals surface area contributed by atoms with Crippen molar-refractivity contribution in [2.75, 3.05) is 11.9 Å². The van der Waals surface area contributed by atoms with E-state index in [1.165, 1.54) is 4.68 Å². The summed E-state index contributed by atoms with van der Waals surface area (Å²) < 4.78 is 1.53. The fourth-order valence-electron chi connectivity index (χ4n) is 5.38. The van der Waals surface area contributed by atoms with Gasteiger partial charge in [-0.1, -0.05) is 43.9 Å². The van der Waals surface area contributed by atoms with Gasteiger partial charge in [-0.3, -0.25) is 19.1 Å². The molecule has 2 N–H and O–H groups in total. The average molecular weight is 480 g/mol. The maximum atomic E-state index is 13.6. The van der Waals surface area contributed by atoms with Gasteiger partial charge < -0.3 is 15.5 Å². The molecule has 35 heavy (non-hydrogen) atoms. The molecule has 1 aliphatic carbocycles. The van der Waals surface area contributed by atoms with Crippen LogP contribution in [0.25, 0.3) is 0 Å². The molecule has 3 amide bonds. The van der Waals surface area contributed by atoms with Crippen molar-refractivity contribution in [1.82, 2.24) is 20.0 Å². The highest BCUT2D eigenvalue weighted by atomic mass is 16.2. The lowest BCUT2D eigenvalue weighted by Gasteiger charge is -2.43. The predicted octanol–water partition coefficient (Wildman–Crippen LogP) is 4.13. The zero-order valence-corrected chi connectivity index (χ0v) is 21.5. The van der Waals surface area contributed by atoms with Crippen molar-refractivity contribution < 1.29 is 14.4 Å². The van der Waals surface area contributed by atoms with E-state index in [2.05, 4.69) is 22.7 Å². The number of hydrogen-bond acceptors (Lipinski definition) is 4. The van der Waals surface area contributed by atoms with E-state index in [0.29, 0.717) is 12.2 Å². The molecule has 188 valence electrons. The molecular formula is C27H37N5O3. The Morgan fingerprint density at radius 2 is 1.77 bits per heavy atom. The van der Waals surface area contributed by atoms with Crippen molar-refractivity contribution in [2.24, 2.45) is 0 Å². The first kappa shape index (κ1) is 24.9. The molecule has 2 aromatic rings. The highest BCUT2D eigenvalue weighted by molar-refractivity contribution is 6.06. The number of benzene rings is 1. The van der Waals surface area contributed by atoms with Gasteiger partial charge in [0.15, 0.2) is 5.69 Å². The quantitative estimate of drug-likeness (QED) is 0.624. The zero-order chi connectivity index (χ0) is 25.3. The Balaban J connectivity index is 1.62. The Bertz CT molecular complexity index is 1120. The number of unbranched alkanes of at least 4 members (excludes halogenated alkanes) is 1. The number of aryl methyl sites for hydroxylation is 3. The number of hydrogen-bond donors (Lipinski definition) is 2. The molecule has 2 aliphatic rings. The van der Waals surface area contributed by atoms with Gasteiger partial charge in [0.2, 0.25) is 5.91 Å². The summed E-state index contributed by atoms with van der Waals surface area (Å²) in [6.45, 7) is 10.5. The number of rotatable bonds is 7. The van der Waals surface area contributed by atoms with E-state index < -0.39 is 5.54 Å². The highest BCUT2D eigenvalue weighted by Gasteiger charge is 2.48. The molecule has 0 unspecified atom stereocenters. The van der Waals surface area contributed by atoms with Crippen molar-refractivity contribution in [1.29, 1.82) is 0 Å². The first-order valence-electron chi connectivity index (χ1n) is 12.7. The number of nitrogens with one attached hydrogen (secondary N) is 2. The van der Waals surface area contributed by atoms with Crippen LogP contribution in [0.15, 0.2) is 18.2 Å². The molecule has 0 spiro atoms. The van der Waals surface area contributed by atoms with Gasteiger partial charge in [-0.2, -0.15) is 5.10 Å². The minimum absolute atomic E-state index is 0.146. The normalized spacial score (nSPS) is 20.1. The fourth-order valence-corrected chi connectivity index (χ4v) is 5.38. The summed E-state index contributed by atoms with van der Waals surface area (Å²) in [5, 5.41) is 10.6. The number of amides is 3. The Labute approximate surface area is 207 Å². The van der Waals surface area contributed by atoms with Crippen LogP contribution < -0.4 is 10.6 Å². The maximum absolute atomic E-state index is 13.6. The number of carbonyl (C=O) groups excluding carboxylic acids is 3. The van der Waals surface area contributed by atoms with Gasteiger partial charge in [0.05, 0.1) is 6.54 Å². The molecule has 8 heteroatoms. The number of aromatic nitrogens is 2. The van der Waals surface area contributed by atoms with E-state index in [0.717, 1.165) is 60.9 Å². The topological polar surface area (TPSA) is 96.3 Å². The molecule has 1 fully saturated rings. The van der Waals surface area contributed by atoms with Crippen molar-refractivity contribution in [2.45, 2.75) is 91.3 Å². The van der Waals surface area contributed by atoms with Crippen molar-refractivity contribution >= 4 is 23.4 Å². The predicted molar refractivity (Wildman–Crippen MR) is 136 cm³/mol. The van der Waals surface area contributed by atoms with Crippen LogP contribution in [0.2, 0.25) is 0 Å². The van der Waals surface area contributed by atoms with Gasteiger partial charge in [0, 0.05) is 24.3 Å². The van der Waals surface area contributed by atoms with Crippen LogP contribution in [0, 0.1) is 20.8 Å². The highest BCUT2D eigenvalue weighted by Crippen LogP contribution is 2.30. The van der Waals surface area contributed by atoms with Gasteiger partial charge >= 0.3 is 0 Å². The minimum atomic E-state index is -1.06. The van der Waals surface area contributed by atoms with Crippen LogP contribution in [0.4, 0.5) is 5.69 Å². The van der Waals surface area contributed by atoms with Gasteiger partial charge in [-0.05, 0) is 58.1 Å². The van der Waals surface area contributed by atoms with Crippen molar-refractivity contribution in [3.05, 3.63) is 46.3 Å². The molecule has 1 aliphatic heterocycles. The largest absolute Gasteiger partial charge is 0.351 e. The second-order valence-electron chi connectivity index (χ2n) is 10.3. The van der Waals surface area contributed by atoms with E-state index in [-0.39, 0.29) is 36.0 Å². The molecule has 0 radical (unpaired) electrons. The van der Waals surface area contributed by atoms with Gasteiger partial charge in [0.1, 0.15) is 11.2 Å². The fraction of sp³-hybridized carbons (Fsp3) is 0.556. The van der Waals surface area contributed by atoms with E-state index in [1.807, 2.05) is 39.8 Å². The van der Waals surface area contributed by atoms with Crippen LogP contribution in [0.5, 0.6) is 0 Å². The first-order chi connectivity index (χ1) is 16.6. The minimum Gasteiger partial charge on any atom is -0.351 e. The lowest BCUT2D eigenvalue weighted by Crippen LogP contribution is -2.65. The number of fused-ring (bicyclic) bond motifs is 1. The van der Waals surface area contributed by atoms with E-state index >= 15 is 0 Å². The molecule has 0 saturated heterocycles. The monoisotopic (exact) mass is 479 g/mol. The van der Waals surface area contributed by atoms with Crippen LogP contribution in [0.3, 0.4) is 0 Å². The third-order valence-corrected chi connectivity index (χ3v) is 7.36. The third kappa shape index (κ3) is 4.83. The number of anilines is 1. The second-order valence-corrected chi connectivity index (χ2v) is 10.3. The Morgan fingerprint density at radius 1 is 1.11 bits per heavy atom. The standard InChI is InChI=1S/C27H37N5O3/c1-6-7-12-31-25(34)22-15-21(24(33)29-23-18(3)13-17(2)14-19(23)4)30-32(22)16-27(31,5)26(35)28-20-10-8-9-11-20/h13-15,20H,6-12,16H2,1-5H3,(H,28,35)(H,29,33)/t27-/m1/s1. The first-order valence-corrected chi connectivity index (χ1v) is 12.7. The third-order valence-electron chi connectivity index (χ3n) is 7.36. The summed E-state index contributed by atoms with van der Waals surface area (Å²) in [5.41, 5.74) is 3.27. The summed E-state index contributed by atoms with van der Waals surface area (Å²) in [5.74, 6) is -0.776. The summed E-state index contributed by atoms with van der Waals surface area (Å²) in [6, 6.07) is 5.74. The smallest absolute Gasteiger partial charge is 0.276 e. The second kappa shape index (κ2) is 9.84. The summed E-state index contributed by atoms with van der Waals surface area (Å²) in [7, 11) is 0. The molecule has 8 nitrogen and oxygen atoms in total. The Hall–Kier alpha value is -3.16. The molecule has 1 atom stereocenters. The summed E-state index contributed by atoms with van der Waals surface area (Å²) in [6.07, 6.45) is 5.88. The molecule has 1 aromatic heterocycles. The van der Waals surface area contributed by atoms with Gasteiger partial charge in [-0.15, -0.1) is 0 Å². The summed E-state index contributed by atoms with van der Waals surface area (Å²) in [4.78, 5) is 41.8. The van der Waals surface area contributed by atoms with Crippen LogP contribution in [-0.4, -0.2) is 50.5 Å². The van der Waals surface area contributed by atoms with Gasteiger partial charge in [-0.25, -0.2) is 0 Å². The van der Waals surface area contributed by atoms with Gasteiger partial charge in [0.25, 0.3) is 11.8 Å². The van der Waals surface area contributed by atoms with Crippen LogP contribution >= 0.6 is 0 Å². The van der Waals surface area contributed by atoms with E-state index in [4.69, 9.17) is 0 Å². The molecule has 1 aromatic carbocycles. The molecular weight excluding hydrogens is 442 g/mol. The number of nitrogens with zero attached hydrogens (tertiary/aromatic N) is 3. The van der Waals surface area contributed by atoms with Crippen LogP contribution in [0.1, 0.15) is 90.0 Å². The van der Waals surface area contributed by atoms with E-state index in [9.17, 15) is 14.4 Å². The lowest BCUT2D eigenvalue weighted by molar-refractivity contribution is -0.133. The Morgan fingerprint density at radius 3 is 2.40 bits per heavy atom. The molecule has 2 heterocycles. The lowest BCUT2D eigenvalue weighted by atomic mass is 9.94. The Kier molecular flexibility index (Phi) is 7.01. The number of carbonyl (C=O) groups is 3. The molecule has 0 bridgehead atoms. The van der Waals surface area contributed by atoms with Crippen LogP contribution in [-0.2, 0) is 11.3 Å². The van der Waals surface area contributed by atoms with Crippen molar-refractivity contribution in [3.8, 4) is 0 Å². The van der Waals surface area contributed by atoms with E-state index in [1.54, 1.807) is 11.0 Å². The maximum Gasteiger partial charge on any atom is 0.276 e. The molecule has 4 rings (SSSR count). The zero-order valence-electron chi connectivity index (χ0n) is 21.5.